The first-order chi connectivity index (χ1) is 8.27. The molecule has 18 heavy (non-hydrogen) atoms. The van der Waals surface area contributed by atoms with Crippen LogP contribution in [0.15, 0.2) is 18.2 Å². The molecular formula is C13H16O5. The minimum atomic E-state index is -0.759. The Morgan fingerprint density at radius 1 is 1.22 bits per heavy atom. The van der Waals surface area contributed by atoms with Crippen molar-refractivity contribution in [1.29, 1.82) is 0 Å². The van der Waals surface area contributed by atoms with Gasteiger partial charge in [0.15, 0.2) is 0 Å². The molecule has 1 aromatic rings. The summed E-state index contributed by atoms with van der Waals surface area (Å²) in [7, 11) is 1.18. The van der Waals surface area contributed by atoms with Crippen LogP contribution in [-0.2, 0) is 9.53 Å². The highest BCUT2D eigenvalue weighted by molar-refractivity contribution is 5.96. The molecule has 0 saturated heterocycles. The SMILES string of the molecule is COC(=O)c1c(O)cccc1OC(=O)C(C)(C)C. The Morgan fingerprint density at radius 2 is 1.83 bits per heavy atom. The van der Waals surface area contributed by atoms with Gasteiger partial charge in [0, 0.05) is 0 Å². The molecule has 98 valence electrons. The van der Waals surface area contributed by atoms with Gasteiger partial charge in [0.2, 0.25) is 0 Å². The van der Waals surface area contributed by atoms with Gasteiger partial charge in [-0.2, -0.15) is 0 Å². The largest absolute Gasteiger partial charge is 0.507 e. The van der Waals surface area contributed by atoms with Crippen molar-refractivity contribution in [2.45, 2.75) is 20.8 Å². The van der Waals surface area contributed by atoms with E-state index in [0.717, 1.165) is 0 Å². The third-order valence-corrected chi connectivity index (χ3v) is 2.21. The highest BCUT2D eigenvalue weighted by Crippen LogP contribution is 2.30. The van der Waals surface area contributed by atoms with Crippen molar-refractivity contribution in [2.24, 2.45) is 5.41 Å². The number of carbonyl (C=O) groups is 2. The van der Waals surface area contributed by atoms with Gasteiger partial charge in [-0.1, -0.05) is 6.07 Å². The lowest BCUT2D eigenvalue weighted by Crippen LogP contribution is -2.26. The van der Waals surface area contributed by atoms with E-state index < -0.39 is 17.4 Å². The second-order valence-corrected chi connectivity index (χ2v) is 4.78. The third kappa shape index (κ3) is 3.00. The normalized spacial score (nSPS) is 10.9. The van der Waals surface area contributed by atoms with E-state index in [9.17, 15) is 14.7 Å². The number of rotatable bonds is 2. The number of benzene rings is 1. The first-order valence-electron chi connectivity index (χ1n) is 5.40. The maximum atomic E-state index is 11.8. The molecule has 0 aliphatic rings. The Hall–Kier alpha value is -2.04. The minimum absolute atomic E-state index is 0.0122. The fourth-order valence-electron chi connectivity index (χ4n) is 1.16. The molecule has 0 unspecified atom stereocenters. The second kappa shape index (κ2) is 5.08. The van der Waals surface area contributed by atoms with Gasteiger partial charge in [-0.25, -0.2) is 4.79 Å². The monoisotopic (exact) mass is 252 g/mol. The van der Waals surface area contributed by atoms with Crippen LogP contribution in [0.1, 0.15) is 31.1 Å². The molecule has 0 aliphatic heterocycles. The summed E-state index contributed by atoms with van der Waals surface area (Å²) < 4.78 is 9.65. The van der Waals surface area contributed by atoms with Crippen molar-refractivity contribution < 1.29 is 24.2 Å². The van der Waals surface area contributed by atoms with Crippen molar-refractivity contribution in [3.05, 3.63) is 23.8 Å². The standard InChI is InChI=1S/C13H16O5/c1-13(2,3)12(16)18-9-7-5-6-8(14)10(9)11(15)17-4/h5-7,14H,1-4H3. The third-order valence-electron chi connectivity index (χ3n) is 2.21. The van der Waals surface area contributed by atoms with E-state index in [0.29, 0.717) is 0 Å². The Kier molecular flexibility index (Phi) is 3.96. The number of phenolic OH excluding ortho intramolecular Hbond substituents is 1. The van der Waals surface area contributed by atoms with Crippen LogP contribution in [0.2, 0.25) is 0 Å². The number of ether oxygens (including phenoxy) is 2. The predicted molar refractivity (Wildman–Crippen MR) is 64.5 cm³/mol. The van der Waals surface area contributed by atoms with Gasteiger partial charge in [-0.15, -0.1) is 0 Å². The molecule has 0 spiro atoms. The molecule has 0 saturated carbocycles. The molecule has 0 aromatic heterocycles. The lowest BCUT2D eigenvalue weighted by molar-refractivity contribution is -0.143. The first kappa shape index (κ1) is 14.0. The van der Waals surface area contributed by atoms with Gasteiger partial charge in [0.25, 0.3) is 0 Å². The molecule has 5 nitrogen and oxygen atoms in total. The number of methoxy groups -OCH3 is 1. The van der Waals surface area contributed by atoms with E-state index in [2.05, 4.69) is 4.74 Å². The van der Waals surface area contributed by atoms with E-state index in [1.54, 1.807) is 20.8 Å². The second-order valence-electron chi connectivity index (χ2n) is 4.78. The number of carbonyl (C=O) groups excluding carboxylic acids is 2. The quantitative estimate of drug-likeness (QED) is 0.644. The molecule has 0 heterocycles. The van der Waals surface area contributed by atoms with Gasteiger partial charge in [-0.05, 0) is 32.9 Å². The van der Waals surface area contributed by atoms with Crippen LogP contribution >= 0.6 is 0 Å². The number of aromatic hydroxyl groups is 1. The maximum Gasteiger partial charge on any atom is 0.345 e. The van der Waals surface area contributed by atoms with Crippen molar-refractivity contribution in [1.82, 2.24) is 0 Å². The topological polar surface area (TPSA) is 72.8 Å². The highest BCUT2D eigenvalue weighted by atomic mass is 16.5. The molecule has 0 fully saturated rings. The molecule has 1 aromatic carbocycles. The Bertz CT molecular complexity index is 471. The van der Waals surface area contributed by atoms with Crippen LogP contribution < -0.4 is 4.74 Å². The predicted octanol–water partition coefficient (Wildman–Crippen LogP) is 2.13. The van der Waals surface area contributed by atoms with Crippen molar-refractivity contribution in [3.63, 3.8) is 0 Å². The molecule has 0 amide bonds. The van der Waals surface area contributed by atoms with Crippen molar-refractivity contribution >= 4 is 11.9 Å². The van der Waals surface area contributed by atoms with Crippen LogP contribution in [0, 0.1) is 5.41 Å². The average molecular weight is 252 g/mol. The van der Waals surface area contributed by atoms with Crippen molar-refractivity contribution in [3.8, 4) is 11.5 Å². The number of hydrogen-bond acceptors (Lipinski definition) is 5. The number of phenols is 1. The molecule has 0 atom stereocenters. The van der Waals surface area contributed by atoms with Crippen LogP contribution in [0.5, 0.6) is 11.5 Å². The molecule has 0 radical (unpaired) electrons. The lowest BCUT2D eigenvalue weighted by Gasteiger charge is -2.17. The van der Waals surface area contributed by atoms with Gasteiger partial charge < -0.3 is 14.6 Å². The molecule has 0 aliphatic carbocycles. The first-order valence-corrected chi connectivity index (χ1v) is 5.40. The number of hydrogen-bond donors (Lipinski definition) is 1. The fraction of sp³-hybridized carbons (Fsp3) is 0.385. The maximum absolute atomic E-state index is 11.8. The minimum Gasteiger partial charge on any atom is -0.507 e. The van der Waals surface area contributed by atoms with Crippen LogP contribution in [-0.4, -0.2) is 24.2 Å². The Labute approximate surface area is 105 Å². The van der Waals surface area contributed by atoms with Crippen LogP contribution in [0.25, 0.3) is 0 Å². The zero-order valence-electron chi connectivity index (χ0n) is 10.8. The molecule has 1 N–H and O–H groups in total. The summed E-state index contributed by atoms with van der Waals surface area (Å²) in [5.74, 6) is -1.56. The lowest BCUT2D eigenvalue weighted by atomic mass is 9.97. The Morgan fingerprint density at radius 3 is 2.33 bits per heavy atom. The molecular weight excluding hydrogens is 236 g/mol. The van der Waals surface area contributed by atoms with Gasteiger partial charge >= 0.3 is 11.9 Å². The van der Waals surface area contributed by atoms with E-state index in [4.69, 9.17) is 4.74 Å². The highest BCUT2D eigenvalue weighted by Gasteiger charge is 2.27. The summed E-state index contributed by atoms with van der Waals surface area (Å²) in [6, 6.07) is 4.23. The molecule has 1 rings (SSSR count). The summed E-state index contributed by atoms with van der Waals surface area (Å²) in [6.07, 6.45) is 0. The van der Waals surface area contributed by atoms with Gasteiger partial charge in [0.1, 0.15) is 17.1 Å². The number of esters is 2. The zero-order valence-corrected chi connectivity index (χ0v) is 10.8. The molecule has 5 heteroatoms. The van der Waals surface area contributed by atoms with E-state index in [1.807, 2.05) is 0 Å². The van der Waals surface area contributed by atoms with Crippen LogP contribution in [0.4, 0.5) is 0 Å². The van der Waals surface area contributed by atoms with E-state index in [1.165, 1.54) is 25.3 Å². The zero-order chi connectivity index (χ0) is 13.9. The van der Waals surface area contributed by atoms with Gasteiger partial charge in [-0.3, -0.25) is 4.79 Å². The summed E-state index contributed by atoms with van der Waals surface area (Å²) in [6.45, 7) is 5.07. The summed E-state index contributed by atoms with van der Waals surface area (Å²) in [5, 5.41) is 9.62. The van der Waals surface area contributed by atoms with E-state index >= 15 is 0 Å². The van der Waals surface area contributed by atoms with E-state index in [-0.39, 0.29) is 17.1 Å². The summed E-state index contributed by atoms with van der Waals surface area (Å²) in [4.78, 5) is 23.3. The summed E-state index contributed by atoms with van der Waals surface area (Å²) >= 11 is 0. The summed E-state index contributed by atoms with van der Waals surface area (Å²) in [5.41, 5.74) is -0.864. The average Bonchev–Trinajstić information content (AvgIpc) is 2.27. The van der Waals surface area contributed by atoms with Gasteiger partial charge in [0.05, 0.1) is 12.5 Å². The van der Waals surface area contributed by atoms with Crippen LogP contribution in [0.3, 0.4) is 0 Å². The molecule has 0 bridgehead atoms. The Balaban J connectivity index is 3.14. The smallest absolute Gasteiger partial charge is 0.345 e. The fourth-order valence-corrected chi connectivity index (χ4v) is 1.16. The van der Waals surface area contributed by atoms with Crippen molar-refractivity contribution in [2.75, 3.05) is 7.11 Å².